The highest BCUT2D eigenvalue weighted by molar-refractivity contribution is 5.65. The molecule has 0 radical (unpaired) electrons. The normalized spacial score (nSPS) is 10.3. The number of ether oxygens (including phenoxy) is 3. The van der Waals surface area contributed by atoms with E-state index in [9.17, 15) is 0 Å². The van der Waals surface area contributed by atoms with Crippen molar-refractivity contribution < 1.29 is 14.2 Å². The van der Waals surface area contributed by atoms with Crippen LogP contribution in [0.3, 0.4) is 0 Å². The molecule has 7 nitrogen and oxygen atoms in total. The summed E-state index contributed by atoms with van der Waals surface area (Å²) >= 11 is 0. The van der Waals surface area contributed by atoms with Gasteiger partial charge in [0.25, 0.3) is 0 Å². The van der Waals surface area contributed by atoms with E-state index in [-0.39, 0.29) is 0 Å². The maximum Gasteiger partial charge on any atom is 0.229 e. The van der Waals surface area contributed by atoms with Crippen LogP contribution in [-0.2, 0) is 0 Å². The molecule has 0 fully saturated rings. The van der Waals surface area contributed by atoms with Crippen molar-refractivity contribution in [2.45, 2.75) is 13.8 Å². The van der Waals surface area contributed by atoms with Crippen molar-refractivity contribution >= 4 is 23.1 Å². The van der Waals surface area contributed by atoms with E-state index in [2.05, 4.69) is 20.6 Å². The van der Waals surface area contributed by atoms with Crippen LogP contribution in [0, 0.1) is 6.92 Å². The summed E-state index contributed by atoms with van der Waals surface area (Å²) in [7, 11) is 3.21. The summed E-state index contributed by atoms with van der Waals surface area (Å²) in [6.45, 7) is 4.45. The Kier molecular flexibility index (Phi) is 6.16. The Balaban J connectivity index is 1.84. The number of hydrogen-bond acceptors (Lipinski definition) is 7. The van der Waals surface area contributed by atoms with E-state index >= 15 is 0 Å². The number of para-hydroxylation sites is 2. The first-order chi connectivity index (χ1) is 13.6. The van der Waals surface area contributed by atoms with Gasteiger partial charge in [0.1, 0.15) is 11.6 Å². The smallest absolute Gasteiger partial charge is 0.229 e. The first-order valence-electron chi connectivity index (χ1n) is 8.96. The molecule has 0 saturated heterocycles. The second kappa shape index (κ2) is 8.94. The van der Waals surface area contributed by atoms with E-state index in [1.54, 1.807) is 14.2 Å². The van der Waals surface area contributed by atoms with Gasteiger partial charge < -0.3 is 24.8 Å². The fourth-order valence-electron chi connectivity index (χ4n) is 2.72. The lowest BCUT2D eigenvalue weighted by Gasteiger charge is -2.14. The minimum atomic E-state index is 0.482. The Morgan fingerprint density at radius 1 is 0.857 bits per heavy atom. The second-order valence-electron chi connectivity index (χ2n) is 5.97. The Hall–Kier alpha value is -3.48. The van der Waals surface area contributed by atoms with E-state index < -0.39 is 0 Å². The van der Waals surface area contributed by atoms with Gasteiger partial charge in [-0.15, -0.1) is 0 Å². The summed E-state index contributed by atoms with van der Waals surface area (Å²) in [5.41, 5.74) is 2.47. The van der Waals surface area contributed by atoms with Crippen LogP contribution in [0.5, 0.6) is 17.2 Å². The maximum absolute atomic E-state index is 5.65. The molecule has 0 aliphatic carbocycles. The molecule has 7 heteroatoms. The van der Waals surface area contributed by atoms with E-state index in [0.717, 1.165) is 22.8 Å². The quantitative estimate of drug-likeness (QED) is 0.587. The molecule has 0 saturated carbocycles. The van der Waals surface area contributed by atoms with Gasteiger partial charge in [0.2, 0.25) is 5.95 Å². The molecule has 0 unspecified atom stereocenters. The Bertz CT molecular complexity index is 947. The van der Waals surface area contributed by atoms with Crippen LogP contribution < -0.4 is 24.8 Å². The monoisotopic (exact) mass is 380 g/mol. The minimum absolute atomic E-state index is 0.482. The molecule has 2 N–H and O–H groups in total. The van der Waals surface area contributed by atoms with Crippen molar-refractivity contribution in [3.8, 4) is 17.2 Å². The van der Waals surface area contributed by atoms with Crippen LogP contribution in [0.1, 0.15) is 12.6 Å². The SMILES string of the molecule is CCOc1ccccc1Nc1nc(C)cc(Nc2ccc(OC)c(OC)c2)n1. The summed E-state index contributed by atoms with van der Waals surface area (Å²) in [5, 5.41) is 6.51. The highest BCUT2D eigenvalue weighted by Gasteiger charge is 2.09. The molecule has 0 spiro atoms. The average molecular weight is 380 g/mol. The molecular weight excluding hydrogens is 356 g/mol. The van der Waals surface area contributed by atoms with Crippen LogP contribution in [0.4, 0.5) is 23.1 Å². The second-order valence-corrected chi connectivity index (χ2v) is 5.97. The maximum atomic E-state index is 5.65. The largest absolute Gasteiger partial charge is 0.493 e. The van der Waals surface area contributed by atoms with Crippen molar-refractivity contribution in [3.05, 3.63) is 54.2 Å². The Morgan fingerprint density at radius 2 is 1.64 bits per heavy atom. The summed E-state index contributed by atoms with van der Waals surface area (Å²) in [4.78, 5) is 9.03. The zero-order chi connectivity index (χ0) is 19.9. The Labute approximate surface area is 164 Å². The third kappa shape index (κ3) is 4.62. The summed E-state index contributed by atoms with van der Waals surface area (Å²) in [5.74, 6) is 3.21. The van der Waals surface area contributed by atoms with E-state index in [4.69, 9.17) is 14.2 Å². The molecule has 0 amide bonds. The first-order valence-corrected chi connectivity index (χ1v) is 8.96. The number of anilines is 4. The average Bonchev–Trinajstić information content (AvgIpc) is 2.69. The van der Waals surface area contributed by atoms with Gasteiger partial charge in [-0.1, -0.05) is 12.1 Å². The lowest BCUT2D eigenvalue weighted by Crippen LogP contribution is -2.04. The van der Waals surface area contributed by atoms with Crippen LogP contribution in [-0.4, -0.2) is 30.8 Å². The van der Waals surface area contributed by atoms with Crippen LogP contribution in [0.2, 0.25) is 0 Å². The number of hydrogen-bond donors (Lipinski definition) is 2. The van der Waals surface area contributed by atoms with Gasteiger partial charge in [-0.05, 0) is 38.1 Å². The van der Waals surface area contributed by atoms with Crippen LogP contribution >= 0.6 is 0 Å². The Morgan fingerprint density at radius 3 is 2.39 bits per heavy atom. The van der Waals surface area contributed by atoms with Gasteiger partial charge >= 0.3 is 0 Å². The van der Waals surface area contributed by atoms with Crippen molar-refractivity contribution in [1.29, 1.82) is 0 Å². The first kappa shape index (κ1) is 19.3. The molecule has 1 heterocycles. The van der Waals surface area contributed by atoms with Gasteiger partial charge in [0.15, 0.2) is 11.5 Å². The number of rotatable bonds is 8. The topological polar surface area (TPSA) is 77.5 Å². The number of benzene rings is 2. The molecule has 28 heavy (non-hydrogen) atoms. The third-order valence-corrected chi connectivity index (χ3v) is 3.94. The van der Waals surface area contributed by atoms with Gasteiger partial charge in [-0.25, -0.2) is 4.98 Å². The zero-order valence-corrected chi connectivity index (χ0v) is 16.4. The summed E-state index contributed by atoms with van der Waals surface area (Å²) in [6.07, 6.45) is 0. The van der Waals surface area contributed by atoms with Gasteiger partial charge in [-0.2, -0.15) is 4.98 Å². The fourth-order valence-corrected chi connectivity index (χ4v) is 2.72. The third-order valence-electron chi connectivity index (χ3n) is 3.94. The molecule has 0 atom stereocenters. The molecule has 0 aliphatic rings. The van der Waals surface area contributed by atoms with E-state index in [0.29, 0.717) is 29.9 Å². The summed E-state index contributed by atoms with van der Waals surface area (Å²) < 4.78 is 16.3. The number of aromatic nitrogens is 2. The molecule has 0 bridgehead atoms. The molecule has 1 aromatic heterocycles. The number of nitrogens with one attached hydrogen (secondary N) is 2. The highest BCUT2D eigenvalue weighted by Crippen LogP contribution is 2.31. The lowest BCUT2D eigenvalue weighted by molar-refractivity contribution is 0.342. The van der Waals surface area contributed by atoms with Crippen LogP contribution in [0.25, 0.3) is 0 Å². The lowest BCUT2D eigenvalue weighted by atomic mass is 10.2. The van der Waals surface area contributed by atoms with Gasteiger partial charge in [-0.3, -0.25) is 0 Å². The van der Waals surface area contributed by atoms with Gasteiger partial charge in [0.05, 0.1) is 26.5 Å². The highest BCUT2D eigenvalue weighted by atomic mass is 16.5. The molecule has 0 aliphatic heterocycles. The van der Waals surface area contributed by atoms with Gasteiger partial charge in [0, 0.05) is 23.5 Å². The molecule has 146 valence electrons. The van der Waals surface area contributed by atoms with Crippen molar-refractivity contribution in [2.24, 2.45) is 0 Å². The molecule has 3 rings (SSSR count). The van der Waals surface area contributed by atoms with Crippen molar-refractivity contribution in [1.82, 2.24) is 9.97 Å². The fraction of sp³-hybridized carbons (Fsp3) is 0.238. The summed E-state index contributed by atoms with van der Waals surface area (Å²) in [6, 6.07) is 15.2. The number of aryl methyl sites for hydroxylation is 1. The van der Waals surface area contributed by atoms with E-state index in [1.807, 2.05) is 62.4 Å². The minimum Gasteiger partial charge on any atom is -0.493 e. The number of nitrogens with zero attached hydrogens (tertiary/aromatic N) is 2. The predicted molar refractivity (Wildman–Crippen MR) is 110 cm³/mol. The standard InChI is InChI=1S/C21H24N4O3/c1-5-28-17-9-7-6-8-16(17)24-21-22-14(2)12-20(25-21)23-15-10-11-18(26-3)19(13-15)27-4/h6-13H,5H2,1-4H3,(H2,22,23,24,25). The number of methoxy groups -OCH3 is 2. The zero-order valence-electron chi connectivity index (χ0n) is 16.4. The van der Waals surface area contributed by atoms with Crippen molar-refractivity contribution in [2.75, 3.05) is 31.5 Å². The molecule has 2 aromatic carbocycles. The van der Waals surface area contributed by atoms with E-state index in [1.165, 1.54) is 0 Å². The van der Waals surface area contributed by atoms with Crippen molar-refractivity contribution in [3.63, 3.8) is 0 Å². The predicted octanol–water partition coefficient (Wildman–Crippen LogP) is 4.69. The molecular formula is C21H24N4O3. The molecule has 3 aromatic rings. The van der Waals surface area contributed by atoms with Crippen LogP contribution in [0.15, 0.2) is 48.5 Å².